The zero-order chi connectivity index (χ0) is 14.4. The van der Waals surface area contributed by atoms with E-state index < -0.39 is 10.0 Å². The van der Waals surface area contributed by atoms with E-state index in [9.17, 15) is 8.42 Å². The summed E-state index contributed by atoms with van der Waals surface area (Å²) in [7, 11) is -3.64. The lowest BCUT2D eigenvalue weighted by Crippen LogP contribution is -2.29. The van der Waals surface area contributed by atoms with E-state index in [0.29, 0.717) is 29.7 Å². The van der Waals surface area contributed by atoms with Crippen molar-refractivity contribution in [2.45, 2.75) is 11.3 Å². The predicted octanol–water partition coefficient (Wildman–Crippen LogP) is 1.84. The molecule has 0 aliphatic carbocycles. The molecular formula is C13H10N4O2S2. The summed E-state index contributed by atoms with van der Waals surface area (Å²) >= 11 is 1.02. The number of rotatable bonds is 2. The monoisotopic (exact) mass is 318 g/mol. The summed E-state index contributed by atoms with van der Waals surface area (Å²) in [6.45, 7) is 0.428. The Morgan fingerprint density at radius 2 is 2.10 bits per heavy atom. The van der Waals surface area contributed by atoms with Gasteiger partial charge in [0.15, 0.2) is 0 Å². The van der Waals surface area contributed by atoms with E-state index in [4.69, 9.17) is 0 Å². The summed E-state index contributed by atoms with van der Waals surface area (Å²) in [6, 6.07) is 6.78. The number of fused-ring (bicyclic) bond motifs is 2. The second-order valence-corrected chi connectivity index (χ2v) is 7.08. The maximum absolute atomic E-state index is 13.0. The van der Waals surface area contributed by atoms with Gasteiger partial charge in [-0.2, -0.15) is 8.75 Å². The zero-order valence-electron chi connectivity index (χ0n) is 10.8. The Hall–Kier alpha value is -2.06. The lowest BCUT2D eigenvalue weighted by molar-refractivity contribution is 0.593. The summed E-state index contributed by atoms with van der Waals surface area (Å²) in [5.41, 5.74) is 2.69. The molecule has 3 heterocycles. The van der Waals surface area contributed by atoms with Crippen LogP contribution >= 0.6 is 11.7 Å². The van der Waals surface area contributed by atoms with Gasteiger partial charge in [0.2, 0.25) is 0 Å². The van der Waals surface area contributed by atoms with Gasteiger partial charge in [-0.1, -0.05) is 6.07 Å². The highest BCUT2D eigenvalue weighted by molar-refractivity contribution is 7.93. The molecule has 0 bridgehead atoms. The molecule has 1 aromatic carbocycles. The number of benzene rings is 1. The minimum Gasteiger partial charge on any atom is -0.266 e. The van der Waals surface area contributed by atoms with Crippen LogP contribution in [-0.2, 0) is 16.4 Å². The molecule has 0 N–H and O–H groups in total. The lowest BCUT2D eigenvalue weighted by Gasteiger charge is -2.19. The highest BCUT2D eigenvalue weighted by Crippen LogP contribution is 2.33. The molecule has 0 fully saturated rings. The molecule has 3 aromatic rings. The number of aromatic nitrogens is 3. The van der Waals surface area contributed by atoms with Gasteiger partial charge in [0.05, 0.1) is 17.4 Å². The van der Waals surface area contributed by atoms with E-state index in [2.05, 4.69) is 13.7 Å². The normalized spacial score (nSPS) is 14.6. The van der Waals surface area contributed by atoms with E-state index >= 15 is 0 Å². The first-order valence-electron chi connectivity index (χ1n) is 6.35. The average molecular weight is 318 g/mol. The van der Waals surface area contributed by atoms with E-state index in [1.54, 1.807) is 36.7 Å². The Kier molecular flexibility index (Phi) is 2.69. The van der Waals surface area contributed by atoms with Crippen LogP contribution in [-0.4, -0.2) is 28.7 Å². The SMILES string of the molecule is O=S(=O)(c1cccc2nsnc12)N1CCc2cnccc21. The molecule has 0 amide bonds. The van der Waals surface area contributed by atoms with Gasteiger partial charge >= 0.3 is 0 Å². The first-order valence-corrected chi connectivity index (χ1v) is 8.52. The van der Waals surface area contributed by atoms with Crippen molar-refractivity contribution in [2.75, 3.05) is 10.8 Å². The van der Waals surface area contributed by atoms with Crippen LogP contribution in [0.5, 0.6) is 0 Å². The number of pyridine rings is 1. The Morgan fingerprint density at radius 3 is 3.00 bits per heavy atom. The summed E-state index contributed by atoms with van der Waals surface area (Å²) < 4.78 is 35.6. The maximum atomic E-state index is 13.0. The molecular weight excluding hydrogens is 308 g/mol. The van der Waals surface area contributed by atoms with Crippen LogP contribution < -0.4 is 4.31 Å². The fourth-order valence-electron chi connectivity index (χ4n) is 2.56. The summed E-state index contributed by atoms with van der Waals surface area (Å²) in [5.74, 6) is 0. The van der Waals surface area contributed by atoms with Crippen molar-refractivity contribution in [1.29, 1.82) is 0 Å². The van der Waals surface area contributed by atoms with Crippen molar-refractivity contribution in [1.82, 2.24) is 13.7 Å². The minimum atomic E-state index is -3.64. The third kappa shape index (κ3) is 1.83. The minimum absolute atomic E-state index is 0.207. The molecule has 21 heavy (non-hydrogen) atoms. The van der Waals surface area contributed by atoms with Gasteiger partial charge in [-0.05, 0) is 30.2 Å². The molecule has 0 saturated carbocycles. The largest absolute Gasteiger partial charge is 0.266 e. The third-order valence-electron chi connectivity index (χ3n) is 3.55. The van der Waals surface area contributed by atoms with Crippen LogP contribution in [0.4, 0.5) is 5.69 Å². The summed E-state index contributed by atoms with van der Waals surface area (Å²) in [5, 5.41) is 0. The number of sulfonamides is 1. The third-order valence-corrected chi connectivity index (χ3v) is 5.94. The van der Waals surface area contributed by atoms with Crippen LogP contribution in [0, 0.1) is 0 Å². The molecule has 8 heteroatoms. The predicted molar refractivity (Wildman–Crippen MR) is 79.9 cm³/mol. The Labute approximate surface area is 125 Å². The number of hydrogen-bond donors (Lipinski definition) is 0. The molecule has 4 rings (SSSR count). The van der Waals surface area contributed by atoms with E-state index in [1.165, 1.54) is 4.31 Å². The Morgan fingerprint density at radius 1 is 1.19 bits per heavy atom. The smallest absolute Gasteiger partial charge is 0.266 e. The van der Waals surface area contributed by atoms with Gasteiger partial charge in [0, 0.05) is 18.9 Å². The topological polar surface area (TPSA) is 76.1 Å². The highest BCUT2D eigenvalue weighted by atomic mass is 32.2. The van der Waals surface area contributed by atoms with Gasteiger partial charge in [0.25, 0.3) is 10.0 Å². The van der Waals surface area contributed by atoms with Crippen molar-refractivity contribution < 1.29 is 8.42 Å². The zero-order valence-corrected chi connectivity index (χ0v) is 12.4. The molecule has 106 valence electrons. The molecule has 0 saturated heterocycles. The first kappa shape index (κ1) is 12.7. The standard InChI is InChI=1S/C13H10N4O2S2/c18-21(19,12-3-1-2-10-13(12)16-20-15-10)17-7-5-9-8-14-6-4-11(9)17/h1-4,6,8H,5,7H2. The molecule has 1 aliphatic rings. The number of nitrogens with zero attached hydrogens (tertiary/aromatic N) is 4. The first-order chi connectivity index (χ1) is 10.2. The fraction of sp³-hybridized carbons (Fsp3) is 0.154. The van der Waals surface area contributed by atoms with Gasteiger partial charge in [0.1, 0.15) is 15.9 Å². The Balaban J connectivity index is 1.91. The van der Waals surface area contributed by atoms with Crippen LogP contribution in [0.3, 0.4) is 0 Å². The van der Waals surface area contributed by atoms with Crippen LogP contribution in [0.2, 0.25) is 0 Å². The van der Waals surface area contributed by atoms with Gasteiger partial charge in [-0.15, -0.1) is 0 Å². The molecule has 6 nitrogen and oxygen atoms in total. The maximum Gasteiger partial charge on any atom is 0.266 e. The molecule has 0 unspecified atom stereocenters. The second kappa shape index (κ2) is 4.47. The number of hydrogen-bond acceptors (Lipinski definition) is 6. The quantitative estimate of drug-likeness (QED) is 0.720. The summed E-state index contributed by atoms with van der Waals surface area (Å²) in [4.78, 5) is 4.25. The van der Waals surface area contributed by atoms with Crippen LogP contribution in [0.15, 0.2) is 41.6 Å². The number of anilines is 1. The van der Waals surface area contributed by atoms with E-state index in [-0.39, 0.29) is 4.90 Å². The molecule has 2 aromatic heterocycles. The lowest BCUT2D eigenvalue weighted by atomic mass is 10.2. The highest BCUT2D eigenvalue weighted by Gasteiger charge is 2.32. The van der Waals surface area contributed by atoms with Crippen molar-refractivity contribution >= 4 is 38.5 Å². The van der Waals surface area contributed by atoms with E-state index in [0.717, 1.165) is 17.3 Å². The van der Waals surface area contributed by atoms with Crippen LogP contribution in [0.1, 0.15) is 5.56 Å². The molecule has 0 spiro atoms. The Bertz CT molecular complexity index is 936. The molecule has 0 radical (unpaired) electrons. The van der Waals surface area contributed by atoms with Gasteiger partial charge < -0.3 is 0 Å². The second-order valence-electron chi connectivity index (χ2n) is 4.72. The van der Waals surface area contributed by atoms with Gasteiger partial charge in [-0.25, -0.2) is 8.42 Å². The molecule has 1 aliphatic heterocycles. The molecule has 0 atom stereocenters. The average Bonchev–Trinajstić information content (AvgIpc) is 3.13. The van der Waals surface area contributed by atoms with Crippen molar-refractivity contribution in [2.24, 2.45) is 0 Å². The van der Waals surface area contributed by atoms with Crippen LogP contribution in [0.25, 0.3) is 11.0 Å². The van der Waals surface area contributed by atoms with Gasteiger partial charge in [-0.3, -0.25) is 9.29 Å². The van der Waals surface area contributed by atoms with Crippen molar-refractivity contribution in [3.8, 4) is 0 Å². The van der Waals surface area contributed by atoms with Crippen molar-refractivity contribution in [3.05, 3.63) is 42.2 Å². The van der Waals surface area contributed by atoms with Crippen molar-refractivity contribution in [3.63, 3.8) is 0 Å². The summed E-state index contributed by atoms with van der Waals surface area (Å²) in [6.07, 6.45) is 4.00. The van der Waals surface area contributed by atoms with E-state index in [1.807, 2.05) is 0 Å². The fourth-order valence-corrected chi connectivity index (χ4v) is 4.81.